The van der Waals surface area contributed by atoms with Crippen LogP contribution in [0.25, 0.3) is 11.1 Å². The van der Waals surface area contributed by atoms with E-state index in [1.165, 1.54) is 6.07 Å². The van der Waals surface area contributed by atoms with E-state index >= 15 is 0 Å². The van der Waals surface area contributed by atoms with Gasteiger partial charge in [-0.3, -0.25) is 0 Å². The van der Waals surface area contributed by atoms with E-state index in [1.807, 2.05) is 30.3 Å². The summed E-state index contributed by atoms with van der Waals surface area (Å²) < 4.78 is 18.7. The van der Waals surface area contributed by atoms with Crippen molar-refractivity contribution in [2.24, 2.45) is 0 Å². The zero-order chi connectivity index (χ0) is 13.4. The lowest BCUT2D eigenvalue weighted by atomic mass is 10.0. The molecule has 2 rings (SSSR count). The minimum absolute atomic E-state index is 0.234. The van der Waals surface area contributed by atoms with E-state index in [0.717, 1.165) is 5.56 Å². The fourth-order valence-electron chi connectivity index (χ4n) is 1.55. The first-order valence-electron chi connectivity index (χ1n) is 5.16. The van der Waals surface area contributed by atoms with Crippen LogP contribution in [0, 0.1) is 11.2 Å². The predicted octanol–water partition coefficient (Wildman–Crippen LogP) is 4.17. The van der Waals surface area contributed by atoms with Crippen molar-refractivity contribution in [2.45, 2.75) is 0 Å². The van der Waals surface area contributed by atoms with Gasteiger partial charge in [0.2, 0.25) is 0 Å². The maximum Gasteiger partial charge on any atom is 0.131 e. The Hall–Kier alpha value is -2.03. The van der Waals surface area contributed by atoms with Gasteiger partial charge in [-0.25, -0.2) is 9.80 Å². The van der Waals surface area contributed by atoms with Gasteiger partial charge in [-0.1, -0.05) is 36.4 Å². The topological polar surface area (TPSA) is 33.1 Å². The van der Waals surface area contributed by atoms with E-state index in [4.69, 9.17) is 10.1 Å². The molecule has 0 fully saturated rings. The average molecular weight is 261 g/mol. The molecule has 0 atom stereocenters. The van der Waals surface area contributed by atoms with Gasteiger partial charge in [0.05, 0.1) is 12.3 Å². The van der Waals surface area contributed by atoms with Crippen LogP contribution in [0.2, 0.25) is 0 Å². The molecule has 92 valence electrons. The average Bonchev–Trinajstić information content (AvgIpc) is 2.40. The van der Waals surface area contributed by atoms with Crippen LogP contribution in [-0.4, -0.2) is 12.3 Å². The molecule has 18 heavy (non-hydrogen) atoms. The summed E-state index contributed by atoms with van der Waals surface area (Å²) in [6, 6.07) is 14.1. The molecule has 0 spiro atoms. The largest absolute Gasteiger partial charge is 0.496 e. The van der Waals surface area contributed by atoms with Crippen LogP contribution in [-0.2, 0) is 0 Å². The molecule has 0 unspecified atom stereocenters. The van der Waals surface area contributed by atoms with Crippen LogP contribution >= 0.6 is 12.2 Å². The lowest BCUT2D eigenvalue weighted by Crippen LogP contribution is -1.89. The van der Waals surface area contributed by atoms with E-state index in [-0.39, 0.29) is 5.82 Å². The Morgan fingerprint density at radius 2 is 1.56 bits per heavy atom. The maximum absolute atomic E-state index is 13.5. The molecule has 1 N–H and O–H groups in total. The van der Waals surface area contributed by atoms with Crippen LogP contribution in [0.4, 0.5) is 4.39 Å². The standard InChI is InChI=1S/C13H11FO.CHNS/c1-15-13-9-5-3-7-11(13)10-6-2-4-8-12(10)14;2-1-3/h2-9H,1H3;2H. The highest BCUT2D eigenvalue weighted by molar-refractivity contribution is 7.78. The summed E-state index contributed by atoms with van der Waals surface area (Å²) in [4.78, 5) is 0. The van der Waals surface area contributed by atoms with Crippen LogP contribution in [0.1, 0.15) is 0 Å². The van der Waals surface area contributed by atoms with Crippen molar-refractivity contribution in [3.8, 4) is 16.9 Å². The summed E-state index contributed by atoms with van der Waals surface area (Å²) in [5.74, 6) is 0.449. The van der Waals surface area contributed by atoms with Crippen molar-refractivity contribution in [2.75, 3.05) is 7.11 Å². The highest BCUT2D eigenvalue weighted by atomic mass is 32.1. The molecule has 0 amide bonds. The Labute approximate surface area is 111 Å². The minimum Gasteiger partial charge on any atom is -0.496 e. The van der Waals surface area contributed by atoms with E-state index < -0.39 is 0 Å². The Morgan fingerprint density at radius 1 is 1.06 bits per heavy atom. The van der Waals surface area contributed by atoms with Crippen molar-refractivity contribution >= 4 is 17.4 Å². The summed E-state index contributed by atoms with van der Waals surface area (Å²) in [6.45, 7) is 0. The second-order valence-electron chi connectivity index (χ2n) is 3.28. The summed E-state index contributed by atoms with van der Waals surface area (Å²) >= 11 is 3.81. The van der Waals surface area contributed by atoms with E-state index in [9.17, 15) is 4.39 Å². The quantitative estimate of drug-likeness (QED) is 0.650. The molecule has 0 aliphatic carbocycles. The number of ether oxygens (including phenoxy) is 1. The number of hydrogen-bond acceptors (Lipinski definition) is 3. The van der Waals surface area contributed by atoms with Gasteiger partial charge in [-0.2, -0.15) is 0 Å². The number of hydrogen-bond donors (Lipinski definition) is 1. The smallest absolute Gasteiger partial charge is 0.131 e. The van der Waals surface area contributed by atoms with Gasteiger partial charge in [0.25, 0.3) is 0 Å². The third kappa shape index (κ3) is 3.48. The molecular formula is C14H12FNOS. The molecule has 0 saturated carbocycles. The van der Waals surface area contributed by atoms with Gasteiger partial charge >= 0.3 is 0 Å². The summed E-state index contributed by atoms with van der Waals surface area (Å²) in [5, 5.41) is 7.36. The van der Waals surface area contributed by atoms with Crippen LogP contribution in [0.3, 0.4) is 0 Å². The first-order chi connectivity index (χ1) is 8.74. The first-order valence-corrected chi connectivity index (χ1v) is 5.57. The lowest BCUT2D eigenvalue weighted by molar-refractivity contribution is 0.416. The number of isothiocyanates is 1. The van der Waals surface area contributed by atoms with Crippen molar-refractivity contribution in [3.05, 3.63) is 54.3 Å². The molecule has 0 saturated heterocycles. The second-order valence-corrected chi connectivity index (χ2v) is 3.49. The summed E-state index contributed by atoms with van der Waals surface area (Å²) in [6.07, 6.45) is 0. The zero-order valence-corrected chi connectivity index (χ0v) is 10.6. The molecule has 0 aromatic heterocycles. The number of para-hydroxylation sites is 1. The number of rotatable bonds is 2. The van der Waals surface area contributed by atoms with E-state index in [0.29, 0.717) is 11.3 Å². The van der Waals surface area contributed by atoms with Gasteiger partial charge in [0, 0.05) is 11.1 Å². The molecule has 0 aliphatic rings. The normalized spacial score (nSPS) is 8.78. The van der Waals surface area contributed by atoms with Gasteiger partial charge in [0.1, 0.15) is 11.6 Å². The lowest BCUT2D eigenvalue weighted by Gasteiger charge is -2.08. The Kier molecular flexibility index (Phi) is 5.71. The van der Waals surface area contributed by atoms with Crippen LogP contribution in [0.15, 0.2) is 48.5 Å². The molecule has 0 aliphatic heterocycles. The zero-order valence-electron chi connectivity index (χ0n) is 9.81. The van der Waals surface area contributed by atoms with Crippen molar-refractivity contribution < 1.29 is 9.13 Å². The molecule has 2 aromatic carbocycles. The Balaban J connectivity index is 0.000000492. The molecule has 2 aromatic rings. The van der Waals surface area contributed by atoms with Crippen LogP contribution < -0.4 is 4.74 Å². The van der Waals surface area contributed by atoms with E-state index in [1.54, 1.807) is 24.4 Å². The molecule has 4 heteroatoms. The molecular weight excluding hydrogens is 249 g/mol. The third-order valence-corrected chi connectivity index (χ3v) is 2.27. The Bertz CT molecular complexity index is 551. The number of thiocarbonyl (C=S) groups is 1. The fraction of sp³-hybridized carbons (Fsp3) is 0.0714. The minimum atomic E-state index is -0.234. The number of halogens is 1. The molecule has 2 nitrogen and oxygen atoms in total. The monoisotopic (exact) mass is 261 g/mol. The third-order valence-electron chi connectivity index (χ3n) is 2.27. The van der Waals surface area contributed by atoms with Gasteiger partial charge in [-0.05, 0) is 24.4 Å². The van der Waals surface area contributed by atoms with Crippen molar-refractivity contribution in [1.29, 1.82) is 5.41 Å². The summed E-state index contributed by atoms with van der Waals surface area (Å²) in [7, 11) is 1.58. The molecule has 0 bridgehead atoms. The van der Waals surface area contributed by atoms with Crippen molar-refractivity contribution in [3.63, 3.8) is 0 Å². The highest BCUT2D eigenvalue weighted by Crippen LogP contribution is 2.30. The predicted molar refractivity (Wildman–Crippen MR) is 73.7 cm³/mol. The number of benzene rings is 2. The van der Waals surface area contributed by atoms with Gasteiger partial charge in [-0.15, -0.1) is 0 Å². The fourth-order valence-corrected chi connectivity index (χ4v) is 1.55. The number of nitrogens with one attached hydrogen (secondary N) is 1. The maximum atomic E-state index is 13.5. The van der Waals surface area contributed by atoms with Gasteiger partial charge < -0.3 is 4.74 Å². The van der Waals surface area contributed by atoms with E-state index in [2.05, 4.69) is 12.2 Å². The SMILES string of the molecule is COc1ccccc1-c1ccccc1F.N=C=S. The molecule has 0 radical (unpaired) electrons. The van der Waals surface area contributed by atoms with Crippen LogP contribution in [0.5, 0.6) is 5.75 Å². The number of methoxy groups -OCH3 is 1. The van der Waals surface area contributed by atoms with Gasteiger partial charge in [0.15, 0.2) is 0 Å². The summed E-state index contributed by atoms with van der Waals surface area (Å²) in [5.41, 5.74) is 1.34. The van der Waals surface area contributed by atoms with Crippen molar-refractivity contribution in [1.82, 2.24) is 0 Å². The first kappa shape index (κ1) is 14.0. The molecule has 0 heterocycles. The highest BCUT2D eigenvalue weighted by Gasteiger charge is 2.08. The Morgan fingerprint density at radius 3 is 2.11 bits per heavy atom. The second kappa shape index (κ2) is 7.33.